The molecule has 34 heavy (non-hydrogen) atoms. The van der Waals surface area contributed by atoms with E-state index in [9.17, 15) is 14.3 Å². The second-order valence-corrected chi connectivity index (χ2v) is 9.13. The summed E-state index contributed by atoms with van der Waals surface area (Å²) in [6, 6.07) is 12.9. The van der Waals surface area contributed by atoms with Crippen LogP contribution in [0.25, 0.3) is 0 Å². The summed E-state index contributed by atoms with van der Waals surface area (Å²) in [4.78, 5) is 13.3. The maximum atomic E-state index is 13.9. The SMILES string of the molecule is Cc1ccc(C[C@@H]2CCCN2C[C@@H](O)CO[C@H](C)c2ccc(C#N)cc2CCC(=O)O)cc1F. The topological polar surface area (TPSA) is 93.8 Å². The number of carboxylic acid groups (broad SMARTS) is 1. The molecule has 0 aromatic heterocycles. The van der Waals surface area contributed by atoms with Crippen molar-refractivity contribution in [1.29, 1.82) is 5.26 Å². The van der Waals surface area contributed by atoms with Crippen molar-refractivity contribution in [3.05, 3.63) is 70.0 Å². The first-order valence-electron chi connectivity index (χ1n) is 11.8. The second-order valence-electron chi connectivity index (χ2n) is 9.13. The molecule has 0 saturated carbocycles. The molecule has 3 rings (SSSR count). The Hall–Kier alpha value is -2.79. The highest BCUT2D eigenvalue weighted by Crippen LogP contribution is 2.25. The maximum absolute atomic E-state index is 13.9. The third-order valence-corrected chi connectivity index (χ3v) is 6.51. The molecule has 2 aromatic rings. The van der Waals surface area contributed by atoms with Crippen molar-refractivity contribution in [3.63, 3.8) is 0 Å². The van der Waals surface area contributed by atoms with Gasteiger partial charge in [-0.15, -0.1) is 0 Å². The predicted octanol–water partition coefficient (Wildman–Crippen LogP) is 4.17. The van der Waals surface area contributed by atoms with E-state index in [0.717, 1.165) is 42.5 Å². The number of carbonyl (C=O) groups is 1. The summed E-state index contributed by atoms with van der Waals surface area (Å²) < 4.78 is 19.9. The van der Waals surface area contributed by atoms with Gasteiger partial charge in [0.15, 0.2) is 0 Å². The zero-order chi connectivity index (χ0) is 24.7. The zero-order valence-corrected chi connectivity index (χ0v) is 19.8. The number of halogens is 1. The number of carboxylic acids is 1. The van der Waals surface area contributed by atoms with Crippen LogP contribution in [0.1, 0.15) is 60.1 Å². The van der Waals surface area contributed by atoms with E-state index in [1.54, 1.807) is 31.2 Å². The lowest BCUT2D eigenvalue weighted by molar-refractivity contribution is -0.136. The number of hydrogen-bond donors (Lipinski definition) is 2. The van der Waals surface area contributed by atoms with E-state index in [4.69, 9.17) is 15.1 Å². The number of benzene rings is 2. The van der Waals surface area contributed by atoms with Gasteiger partial charge < -0.3 is 14.9 Å². The van der Waals surface area contributed by atoms with Gasteiger partial charge in [-0.3, -0.25) is 9.69 Å². The number of aliphatic hydroxyl groups is 1. The second kappa shape index (κ2) is 12.1. The summed E-state index contributed by atoms with van der Waals surface area (Å²) in [6.45, 7) is 5.13. The van der Waals surface area contributed by atoms with Gasteiger partial charge in [0.25, 0.3) is 0 Å². The van der Waals surface area contributed by atoms with Gasteiger partial charge in [0.05, 0.1) is 30.4 Å². The molecule has 1 aliphatic heterocycles. The molecule has 1 saturated heterocycles. The van der Waals surface area contributed by atoms with Crippen LogP contribution in [0.5, 0.6) is 0 Å². The molecule has 0 unspecified atom stereocenters. The number of aliphatic carboxylic acids is 1. The van der Waals surface area contributed by atoms with Crippen LogP contribution in [-0.2, 0) is 22.4 Å². The van der Waals surface area contributed by atoms with Crippen LogP contribution in [-0.4, -0.2) is 52.9 Å². The number of nitrogens with zero attached hydrogens (tertiary/aromatic N) is 2. The van der Waals surface area contributed by atoms with Crippen LogP contribution in [0.3, 0.4) is 0 Å². The van der Waals surface area contributed by atoms with Crippen LogP contribution in [0.15, 0.2) is 36.4 Å². The molecule has 3 atom stereocenters. The van der Waals surface area contributed by atoms with Gasteiger partial charge in [-0.1, -0.05) is 18.2 Å². The molecule has 2 aromatic carbocycles. The molecule has 1 fully saturated rings. The van der Waals surface area contributed by atoms with E-state index in [2.05, 4.69) is 11.0 Å². The Bertz CT molecular complexity index is 1040. The van der Waals surface area contributed by atoms with Crippen molar-refractivity contribution in [2.45, 2.75) is 64.2 Å². The average Bonchev–Trinajstić information content (AvgIpc) is 3.24. The Morgan fingerprint density at radius 3 is 2.82 bits per heavy atom. The molecule has 1 aliphatic rings. The third kappa shape index (κ3) is 7.10. The highest BCUT2D eigenvalue weighted by Gasteiger charge is 2.27. The van der Waals surface area contributed by atoms with Crippen LogP contribution in [0, 0.1) is 24.1 Å². The van der Waals surface area contributed by atoms with Gasteiger partial charge in [0, 0.05) is 19.0 Å². The van der Waals surface area contributed by atoms with E-state index >= 15 is 0 Å². The van der Waals surface area contributed by atoms with Crippen LogP contribution in [0.2, 0.25) is 0 Å². The van der Waals surface area contributed by atoms with Gasteiger partial charge in [-0.05, 0) is 86.5 Å². The van der Waals surface area contributed by atoms with E-state index in [0.29, 0.717) is 24.1 Å². The Morgan fingerprint density at radius 2 is 2.12 bits per heavy atom. The number of ether oxygens (including phenoxy) is 1. The van der Waals surface area contributed by atoms with E-state index in [1.165, 1.54) is 0 Å². The lowest BCUT2D eigenvalue weighted by Crippen LogP contribution is -2.39. The van der Waals surface area contributed by atoms with E-state index in [1.807, 2.05) is 19.1 Å². The van der Waals surface area contributed by atoms with Crippen molar-refractivity contribution < 1.29 is 24.1 Å². The highest BCUT2D eigenvalue weighted by atomic mass is 19.1. The molecule has 0 spiro atoms. The Kier molecular flexibility index (Phi) is 9.17. The number of β-amino-alcohol motifs (C(OH)–C–C–N with tert-alkyl or cyclic N) is 1. The lowest BCUT2D eigenvalue weighted by Gasteiger charge is -2.28. The summed E-state index contributed by atoms with van der Waals surface area (Å²) in [5, 5.41) is 28.8. The molecule has 2 N–H and O–H groups in total. The number of rotatable bonds is 11. The summed E-state index contributed by atoms with van der Waals surface area (Å²) in [7, 11) is 0. The average molecular weight is 469 g/mol. The summed E-state index contributed by atoms with van der Waals surface area (Å²) >= 11 is 0. The smallest absolute Gasteiger partial charge is 0.303 e. The molecule has 7 heteroatoms. The quantitative estimate of drug-likeness (QED) is 0.514. The number of aliphatic hydroxyl groups excluding tert-OH is 1. The van der Waals surface area contributed by atoms with Gasteiger partial charge in [-0.25, -0.2) is 4.39 Å². The highest BCUT2D eigenvalue weighted by molar-refractivity contribution is 5.67. The minimum absolute atomic E-state index is 0.0293. The molecular formula is C27H33FN2O4. The van der Waals surface area contributed by atoms with Crippen molar-refractivity contribution >= 4 is 5.97 Å². The molecule has 0 aliphatic carbocycles. The maximum Gasteiger partial charge on any atom is 0.303 e. The summed E-state index contributed by atoms with van der Waals surface area (Å²) in [5.74, 6) is -1.08. The minimum Gasteiger partial charge on any atom is -0.481 e. The fourth-order valence-corrected chi connectivity index (χ4v) is 4.60. The Morgan fingerprint density at radius 1 is 1.32 bits per heavy atom. The summed E-state index contributed by atoms with van der Waals surface area (Å²) in [5.41, 5.74) is 3.68. The first-order valence-corrected chi connectivity index (χ1v) is 11.8. The molecule has 6 nitrogen and oxygen atoms in total. The number of likely N-dealkylation sites (tertiary alicyclic amines) is 1. The first-order chi connectivity index (χ1) is 16.3. The molecule has 0 bridgehead atoms. The number of hydrogen-bond acceptors (Lipinski definition) is 5. The molecular weight excluding hydrogens is 435 g/mol. The van der Waals surface area contributed by atoms with Gasteiger partial charge >= 0.3 is 5.97 Å². The Labute approximate surface area is 200 Å². The molecule has 0 amide bonds. The first kappa shape index (κ1) is 25.8. The third-order valence-electron chi connectivity index (χ3n) is 6.51. The zero-order valence-electron chi connectivity index (χ0n) is 19.8. The van der Waals surface area contributed by atoms with Crippen molar-refractivity contribution in [2.24, 2.45) is 0 Å². The predicted molar refractivity (Wildman–Crippen MR) is 127 cm³/mol. The number of aryl methyl sites for hydroxylation is 2. The molecule has 0 radical (unpaired) electrons. The van der Waals surface area contributed by atoms with Crippen LogP contribution < -0.4 is 0 Å². The van der Waals surface area contributed by atoms with Gasteiger partial charge in [0.2, 0.25) is 0 Å². The monoisotopic (exact) mass is 468 g/mol. The van der Waals surface area contributed by atoms with Crippen molar-refractivity contribution in [1.82, 2.24) is 4.90 Å². The number of nitriles is 1. The molecule has 182 valence electrons. The van der Waals surface area contributed by atoms with Crippen molar-refractivity contribution in [2.75, 3.05) is 19.7 Å². The largest absolute Gasteiger partial charge is 0.481 e. The van der Waals surface area contributed by atoms with Crippen LogP contribution >= 0.6 is 0 Å². The normalized spacial score (nSPS) is 17.9. The van der Waals surface area contributed by atoms with Crippen molar-refractivity contribution in [3.8, 4) is 6.07 Å². The summed E-state index contributed by atoms with van der Waals surface area (Å²) in [6.07, 6.45) is 2.05. The van der Waals surface area contributed by atoms with Gasteiger partial charge in [-0.2, -0.15) is 5.26 Å². The van der Waals surface area contributed by atoms with Gasteiger partial charge in [0.1, 0.15) is 5.82 Å². The minimum atomic E-state index is -0.897. The Balaban J connectivity index is 1.55. The lowest BCUT2D eigenvalue weighted by atomic mass is 9.97. The molecule has 1 heterocycles. The fourth-order valence-electron chi connectivity index (χ4n) is 4.60. The van der Waals surface area contributed by atoms with E-state index < -0.39 is 12.1 Å². The standard InChI is InChI=1S/C27H33FN2O4/c1-18-5-6-20(14-26(18)28)13-23-4-3-11-30(23)16-24(31)17-34-19(2)25-9-7-21(15-29)12-22(25)8-10-27(32)33/h5-7,9,12,14,19,23-24,31H,3-4,8,10-11,13,16-17H2,1-2H3,(H,32,33)/t19-,23+,24-/m1/s1. The van der Waals surface area contributed by atoms with Crippen LogP contribution in [0.4, 0.5) is 4.39 Å². The fraction of sp³-hybridized carbons (Fsp3) is 0.481. The van der Waals surface area contributed by atoms with E-state index in [-0.39, 0.29) is 31.0 Å².